The fourth-order valence-corrected chi connectivity index (χ4v) is 10.8. The van der Waals surface area contributed by atoms with Crippen molar-refractivity contribution < 1.29 is 10.2 Å². The second kappa shape index (κ2) is 5.54. The lowest BCUT2D eigenvalue weighted by Crippen LogP contribution is -2.52. The number of benzene rings is 1. The van der Waals surface area contributed by atoms with E-state index in [-0.39, 0.29) is 22.3 Å². The quantitative estimate of drug-likeness (QED) is 0.576. The van der Waals surface area contributed by atoms with E-state index in [2.05, 4.69) is 6.92 Å². The van der Waals surface area contributed by atoms with Crippen molar-refractivity contribution in [1.29, 1.82) is 0 Å². The van der Waals surface area contributed by atoms with E-state index in [1.54, 1.807) is 0 Å². The Morgan fingerprint density at radius 3 is 1.34 bits per heavy atom. The summed E-state index contributed by atoms with van der Waals surface area (Å²) in [7, 11) is 0. The Bertz CT molecular complexity index is 810. The van der Waals surface area contributed by atoms with Gasteiger partial charge in [-0.1, -0.05) is 0 Å². The van der Waals surface area contributed by atoms with Crippen LogP contribution in [0.1, 0.15) is 93.7 Å². The van der Waals surface area contributed by atoms with Gasteiger partial charge >= 0.3 is 0 Å². The maximum absolute atomic E-state index is 11.4. The number of aromatic hydroxyl groups is 2. The molecule has 2 nitrogen and oxygen atoms in total. The van der Waals surface area contributed by atoms with Crippen LogP contribution in [-0.2, 0) is 10.8 Å². The maximum Gasteiger partial charge on any atom is 0.161 e. The molecule has 1 aromatic rings. The molecule has 0 aromatic heterocycles. The summed E-state index contributed by atoms with van der Waals surface area (Å²) in [5.41, 5.74) is 4.46. The first kappa shape index (κ1) is 17.5. The van der Waals surface area contributed by atoms with Crippen LogP contribution in [0.2, 0.25) is 0 Å². The van der Waals surface area contributed by atoms with E-state index < -0.39 is 0 Å². The van der Waals surface area contributed by atoms with Gasteiger partial charge in [-0.3, -0.25) is 0 Å². The predicted octanol–water partition coefficient (Wildman–Crippen LogP) is 6.34. The Hall–Kier alpha value is -1.18. The molecule has 8 fully saturated rings. The highest BCUT2D eigenvalue weighted by Gasteiger charge is 2.58. The Morgan fingerprint density at radius 1 is 0.621 bits per heavy atom. The Balaban J connectivity index is 1.44. The molecule has 0 atom stereocenters. The Morgan fingerprint density at radius 2 is 0.966 bits per heavy atom. The summed E-state index contributed by atoms with van der Waals surface area (Å²) in [6, 6.07) is 1.90. The standard InChI is InChI=1S/C27H36O2/c1-15-2-22(28)25(29)24(27-12-19-6-20(13-27)8-21(7-19)14-27)23(15)26-9-16-3-17(10-26)5-18(4-16)11-26/h2,16-21,28-29H,3-14H2,1H3. The first-order valence-corrected chi connectivity index (χ1v) is 12.5. The molecule has 0 heterocycles. The molecule has 8 saturated carbocycles. The minimum absolute atomic E-state index is 0.140. The molecule has 8 aliphatic carbocycles. The molecular weight excluding hydrogens is 356 g/mol. The van der Waals surface area contributed by atoms with E-state index in [1.165, 1.54) is 93.7 Å². The fraction of sp³-hybridized carbons (Fsp3) is 0.778. The van der Waals surface area contributed by atoms with Crippen LogP contribution in [0.15, 0.2) is 6.07 Å². The number of phenolic OH excluding ortho intramolecular Hbond substituents is 2. The number of phenols is 2. The highest BCUT2D eigenvalue weighted by molar-refractivity contribution is 5.59. The summed E-state index contributed by atoms with van der Waals surface area (Å²) >= 11 is 0. The molecule has 2 heteroatoms. The molecule has 9 rings (SSSR count). The topological polar surface area (TPSA) is 40.5 Å². The highest BCUT2D eigenvalue weighted by atomic mass is 16.3. The van der Waals surface area contributed by atoms with Crippen molar-refractivity contribution in [3.05, 3.63) is 22.8 Å². The van der Waals surface area contributed by atoms with Crippen molar-refractivity contribution in [2.24, 2.45) is 35.5 Å². The lowest BCUT2D eigenvalue weighted by atomic mass is 9.43. The van der Waals surface area contributed by atoms with E-state index in [9.17, 15) is 10.2 Å². The monoisotopic (exact) mass is 392 g/mol. The van der Waals surface area contributed by atoms with Gasteiger partial charge in [0, 0.05) is 11.0 Å². The molecule has 0 radical (unpaired) electrons. The van der Waals surface area contributed by atoms with Crippen LogP contribution in [0, 0.1) is 42.4 Å². The van der Waals surface area contributed by atoms with Crippen molar-refractivity contribution in [3.63, 3.8) is 0 Å². The normalized spacial score (nSPS) is 49.1. The zero-order chi connectivity index (χ0) is 19.5. The van der Waals surface area contributed by atoms with E-state index in [0.717, 1.165) is 35.5 Å². The largest absolute Gasteiger partial charge is 0.504 e. The van der Waals surface area contributed by atoms with Gasteiger partial charge in [-0.15, -0.1) is 0 Å². The molecule has 0 spiro atoms. The maximum atomic E-state index is 11.4. The van der Waals surface area contributed by atoms with Gasteiger partial charge in [0.1, 0.15) is 0 Å². The molecule has 0 unspecified atom stereocenters. The molecular formula is C27H36O2. The van der Waals surface area contributed by atoms with Gasteiger partial charge in [0.05, 0.1) is 0 Å². The van der Waals surface area contributed by atoms with Crippen LogP contribution in [0.3, 0.4) is 0 Å². The summed E-state index contributed by atoms with van der Waals surface area (Å²) in [5.74, 6) is 5.68. The average molecular weight is 393 g/mol. The van der Waals surface area contributed by atoms with Gasteiger partial charge in [0.15, 0.2) is 11.5 Å². The van der Waals surface area contributed by atoms with Crippen LogP contribution in [0.5, 0.6) is 11.5 Å². The third kappa shape index (κ3) is 2.30. The van der Waals surface area contributed by atoms with E-state index >= 15 is 0 Å². The zero-order valence-corrected chi connectivity index (χ0v) is 17.9. The summed E-state index contributed by atoms with van der Waals surface area (Å²) in [5, 5.41) is 22.2. The van der Waals surface area contributed by atoms with Crippen LogP contribution < -0.4 is 0 Å². The second-order valence-corrected chi connectivity index (χ2v) is 12.7. The third-order valence-electron chi connectivity index (χ3n) is 10.6. The van der Waals surface area contributed by atoms with Crippen LogP contribution in [0.25, 0.3) is 0 Å². The molecule has 0 amide bonds. The summed E-state index contributed by atoms with van der Waals surface area (Å²) in [4.78, 5) is 0. The van der Waals surface area contributed by atoms with Gasteiger partial charge in [-0.25, -0.2) is 0 Å². The molecule has 8 aliphatic rings. The van der Waals surface area contributed by atoms with Crippen LogP contribution in [0.4, 0.5) is 0 Å². The van der Waals surface area contributed by atoms with Crippen molar-refractivity contribution in [2.45, 2.75) is 94.8 Å². The van der Waals surface area contributed by atoms with E-state index in [4.69, 9.17) is 0 Å². The molecule has 0 aliphatic heterocycles. The van der Waals surface area contributed by atoms with Gasteiger partial charge in [0.2, 0.25) is 0 Å². The summed E-state index contributed by atoms with van der Waals surface area (Å²) in [6.07, 6.45) is 16.4. The van der Waals surface area contributed by atoms with Crippen molar-refractivity contribution in [2.75, 3.05) is 0 Å². The fourth-order valence-electron chi connectivity index (χ4n) is 10.8. The van der Waals surface area contributed by atoms with Crippen molar-refractivity contribution >= 4 is 0 Å². The van der Waals surface area contributed by atoms with E-state index in [1.807, 2.05) is 6.07 Å². The van der Waals surface area contributed by atoms with Crippen molar-refractivity contribution in [3.8, 4) is 11.5 Å². The van der Waals surface area contributed by atoms with Gasteiger partial charge < -0.3 is 10.2 Å². The molecule has 8 bridgehead atoms. The van der Waals surface area contributed by atoms with Gasteiger partial charge in [-0.2, -0.15) is 0 Å². The number of aryl methyl sites for hydroxylation is 1. The lowest BCUT2D eigenvalue weighted by molar-refractivity contribution is -0.0186. The van der Waals surface area contributed by atoms with Gasteiger partial charge in [0.25, 0.3) is 0 Å². The third-order valence-corrected chi connectivity index (χ3v) is 10.6. The first-order valence-electron chi connectivity index (χ1n) is 12.5. The lowest BCUT2D eigenvalue weighted by Gasteiger charge is -2.61. The minimum atomic E-state index is 0.140. The van der Waals surface area contributed by atoms with Gasteiger partial charge in [-0.05, 0) is 142 Å². The molecule has 1 aromatic carbocycles. The molecule has 156 valence electrons. The van der Waals surface area contributed by atoms with Crippen molar-refractivity contribution in [1.82, 2.24) is 0 Å². The molecule has 29 heavy (non-hydrogen) atoms. The number of rotatable bonds is 2. The smallest absolute Gasteiger partial charge is 0.161 e. The SMILES string of the molecule is Cc1cc(O)c(O)c(C23CC4CC(CC(C4)C2)C3)c1C12CC3CC(CC(C3)C1)C2. The average Bonchev–Trinajstić information content (AvgIpc) is 2.62. The van der Waals surface area contributed by atoms with Crippen LogP contribution in [-0.4, -0.2) is 10.2 Å². The minimum Gasteiger partial charge on any atom is -0.504 e. The first-order chi connectivity index (χ1) is 13.9. The summed E-state index contributed by atoms with van der Waals surface area (Å²) < 4.78 is 0. The number of hydrogen-bond donors (Lipinski definition) is 2. The van der Waals surface area contributed by atoms with Crippen LogP contribution >= 0.6 is 0 Å². The zero-order valence-electron chi connectivity index (χ0n) is 17.9. The summed E-state index contributed by atoms with van der Waals surface area (Å²) in [6.45, 7) is 2.23. The number of hydrogen-bond acceptors (Lipinski definition) is 2. The predicted molar refractivity (Wildman–Crippen MR) is 114 cm³/mol. The molecule has 2 N–H and O–H groups in total. The highest BCUT2D eigenvalue weighted by Crippen LogP contribution is 2.67. The van der Waals surface area contributed by atoms with E-state index in [0.29, 0.717) is 0 Å². The second-order valence-electron chi connectivity index (χ2n) is 12.7. The molecule has 0 saturated heterocycles. The Labute approximate surface area is 175 Å². The Kier molecular flexibility index (Phi) is 3.34.